The predicted molar refractivity (Wildman–Crippen MR) is 81.0 cm³/mol. The minimum absolute atomic E-state index is 0.0592. The lowest BCUT2D eigenvalue weighted by Gasteiger charge is -2.32. The van der Waals surface area contributed by atoms with Gasteiger partial charge in [-0.25, -0.2) is 0 Å². The van der Waals surface area contributed by atoms with Gasteiger partial charge in [-0.2, -0.15) is 0 Å². The first-order chi connectivity index (χ1) is 9.69. The maximum Gasteiger partial charge on any atom is 0.494 e. The van der Waals surface area contributed by atoms with Crippen LogP contribution >= 0.6 is 0 Å². The van der Waals surface area contributed by atoms with Crippen LogP contribution in [0.2, 0.25) is 0 Å². The second-order valence-corrected chi connectivity index (χ2v) is 6.64. The van der Waals surface area contributed by atoms with Crippen LogP contribution in [0, 0.1) is 6.92 Å². The van der Waals surface area contributed by atoms with Crippen LogP contribution in [0.3, 0.4) is 0 Å². The molecule has 0 spiro atoms. The fourth-order valence-corrected chi connectivity index (χ4v) is 2.53. The largest absolute Gasteiger partial charge is 0.494 e. The summed E-state index contributed by atoms with van der Waals surface area (Å²) in [6.07, 6.45) is 0. The molecule has 1 aromatic carbocycles. The first-order valence-corrected chi connectivity index (χ1v) is 7.12. The maximum atomic E-state index is 11.5. The molecule has 21 heavy (non-hydrogen) atoms. The monoisotopic (exact) mass is 289 g/mol. The molecule has 0 saturated carbocycles. The molecule has 0 radical (unpaired) electrons. The molecule has 1 amide bonds. The molecule has 2 heterocycles. The van der Waals surface area contributed by atoms with E-state index in [0.717, 1.165) is 16.8 Å². The third-order valence-corrected chi connectivity index (χ3v) is 4.44. The van der Waals surface area contributed by atoms with E-state index in [0.29, 0.717) is 5.69 Å². The van der Waals surface area contributed by atoms with Gasteiger partial charge in [-0.15, -0.1) is 0 Å². The molecule has 1 saturated heterocycles. The van der Waals surface area contributed by atoms with Crippen LogP contribution in [0.15, 0.2) is 12.1 Å². The average molecular weight is 289 g/mol. The molecule has 0 bridgehead atoms. The summed E-state index contributed by atoms with van der Waals surface area (Å²) in [5.41, 5.74) is 1.74. The minimum atomic E-state index is -0.446. The standard InChI is InChI=1S/C15H20BNO4/c1-9-6-10(7-11-13(9)19-8-12(18)17-11)16-20-14(2,3)15(4,5)21-16/h6-7H,8H2,1-5H3,(H,17,18). The summed E-state index contributed by atoms with van der Waals surface area (Å²) < 4.78 is 17.6. The highest BCUT2D eigenvalue weighted by Crippen LogP contribution is 2.37. The Labute approximate surface area is 125 Å². The van der Waals surface area contributed by atoms with Crippen LogP contribution in [0.5, 0.6) is 5.75 Å². The highest BCUT2D eigenvalue weighted by molar-refractivity contribution is 6.62. The van der Waals surface area contributed by atoms with Crippen molar-refractivity contribution in [2.75, 3.05) is 11.9 Å². The van der Waals surface area contributed by atoms with Crippen molar-refractivity contribution in [1.82, 2.24) is 0 Å². The Bertz CT molecular complexity index is 596. The molecule has 1 N–H and O–H groups in total. The lowest BCUT2D eigenvalue weighted by Crippen LogP contribution is -2.41. The zero-order valence-corrected chi connectivity index (χ0v) is 13.1. The number of anilines is 1. The average Bonchev–Trinajstić information content (AvgIpc) is 2.57. The normalized spacial score (nSPS) is 22.5. The minimum Gasteiger partial charge on any atom is -0.481 e. The van der Waals surface area contributed by atoms with Crippen molar-refractivity contribution < 1.29 is 18.8 Å². The zero-order valence-electron chi connectivity index (χ0n) is 13.1. The van der Waals surface area contributed by atoms with Gasteiger partial charge in [0.2, 0.25) is 0 Å². The van der Waals surface area contributed by atoms with E-state index in [2.05, 4.69) is 5.32 Å². The summed E-state index contributed by atoms with van der Waals surface area (Å²) in [5, 5.41) is 2.83. The van der Waals surface area contributed by atoms with Gasteiger partial charge >= 0.3 is 7.12 Å². The number of nitrogens with one attached hydrogen (secondary N) is 1. The van der Waals surface area contributed by atoms with Crippen molar-refractivity contribution in [3.8, 4) is 5.75 Å². The van der Waals surface area contributed by atoms with Crippen molar-refractivity contribution >= 4 is 24.2 Å². The Morgan fingerprint density at radius 2 is 1.76 bits per heavy atom. The molecule has 0 aliphatic carbocycles. The SMILES string of the molecule is Cc1cc(B2OC(C)(C)C(C)(C)O2)cc2c1OCC(=O)N2. The number of aryl methyl sites for hydroxylation is 1. The molecule has 3 rings (SSSR count). The van der Waals surface area contributed by atoms with E-state index >= 15 is 0 Å². The number of benzene rings is 1. The number of carbonyl (C=O) groups is 1. The summed E-state index contributed by atoms with van der Waals surface area (Å²) in [7, 11) is -0.446. The first-order valence-electron chi connectivity index (χ1n) is 7.12. The molecule has 1 aromatic rings. The van der Waals surface area contributed by atoms with E-state index in [1.807, 2.05) is 46.8 Å². The molecule has 2 aliphatic rings. The highest BCUT2D eigenvalue weighted by atomic mass is 16.7. The van der Waals surface area contributed by atoms with Crippen molar-refractivity contribution in [2.45, 2.75) is 45.8 Å². The van der Waals surface area contributed by atoms with E-state index in [4.69, 9.17) is 14.0 Å². The third-order valence-electron chi connectivity index (χ3n) is 4.44. The van der Waals surface area contributed by atoms with E-state index in [1.54, 1.807) is 0 Å². The molecule has 112 valence electrons. The van der Waals surface area contributed by atoms with Gasteiger partial charge in [0.25, 0.3) is 5.91 Å². The first kappa shape index (κ1) is 14.4. The topological polar surface area (TPSA) is 56.8 Å². The molecular weight excluding hydrogens is 269 g/mol. The number of rotatable bonds is 1. The van der Waals surface area contributed by atoms with Gasteiger partial charge in [0.1, 0.15) is 5.75 Å². The summed E-state index contributed by atoms with van der Waals surface area (Å²) in [5.74, 6) is 0.572. The number of carbonyl (C=O) groups excluding carboxylic acids is 1. The number of hydrogen-bond donors (Lipinski definition) is 1. The molecule has 0 aromatic heterocycles. The van der Waals surface area contributed by atoms with Crippen molar-refractivity contribution in [3.63, 3.8) is 0 Å². The Hall–Kier alpha value is -1.53. The van der Waals surface area contributed by atoms with Gasteiger partial charge < -0.3 is 19.4 Å². The van der Waals surface area contributed by atoms with E-state index in [9.17, 15) is 4.79 Å². The van der Waals surface area contributed by atoms with Crippen LogP contribution < -0.4 is 15.5 Å². The fraction of sp³-hybridized carbons (Fsp3) is 0.533. The Balaban J connectivity index is 1.96. The van der Waals surface area contributed by atoms with Gasteiger partial charge in [0.15, 0.2) is 6.61 Å². The van der Waals surface area contributed by atoms with Gasteiger partial charge in [0, 0.05) is 0 Å². The summed E-state index contributed by atoms with van der Waals surface area (Å²) in [6.45, 7) is 10.1. The molecule has 5 nitrogen and oxygen atoms in total. The van der Waals surface area contributed by atoms with Crippen molar-refractivity contribution in [1.29, 1.82) is 0 Å². The molecule has 0 unspecified atom stereocenters. The van der Waals surface area contributed by atoms with Crippen LogP contribution in [0.1, 0.15) is 33.3 Å². The van der Waals surface area contributed by atoms with Gasteiger partial charge in [-0.1, -0.05) is 6.07 Å². The smallest absolute Gasteiger partial charge is 0.481 e. The van der Waals surface area contributed by atoms with E-state index < -0.39 is 7.12 Å². The molecule has 0 atom stereocenters. The number of hydrogen-bond acceptors (Lipinski definition) is 4. The second kappa shape index (κ2) is 4.48. The Morgan fingerprint density at radius 1 is 1.14 bits per heavy atom. The van der Waals surface area contributed by atoms with Crippen molar-refractivity contribution in [3.05, 3.63) is 17.7 Å². The quantitative estimate of drug-likeness (QED) is 0.798. The Morgan fingerprint density at radius 3 is 2.38 bits per heavy atom. The van der Waals surface area contributed by atoms with Crippen LogP contribution in [0.4, 0.5) is 5.69 Å². The van der Waals surface area contributed by atoms with Gasteiger partial charge in [0.05, 0.1) is 16.9 Å². The van der Waals surface area contributed by atoms with E-state index in [-0.39, 0.29) is 23.7 Å². The number of amides is 1. The number of fused-ring (bicyclic) bond motifs is 1. The van der Waals surface area contributed by atoms with Gasteiger partial charge in [-0.05, 0) is 51.7 Å². The van der Waals surface area contributed by atoms with Crippen molar-refractivity contribution in [2.24, 2.45) is 0 Å². The maximum absolute atomic E-state index is 11.5. The molecular formula is C15H20BNO4. The van der Waals surface area contributed by atoms with E-state index in [1.165, 1.54) is 0 Å². The lowest BCUT2D eigenvalue weighted by atomic mass is 9.78. The van der Waals surface area contributed by atoms with Gasteiger partial charge in [-0.3, -0.25) is 4.79 Å². The van der Waals surface area contributed by atoms with Crippen LogP contribution in [0.25, 0.3) is 0 Å². The third kappa shape index (κ3) is 2.32. The highest BCUT2D eigenvalue weighted by Gasteiger charge is 2.51. The molecule has 1 fully saturated rings. The van der Waals surface area contributed by atoms with Crippen LogP contribution in [-0.2, 0) is 14.1 Å². The summed E-state index contributed by atoms with van der Waals surface area (Å²) in [4.78, 5) is 11.5. The zero-order chi connectivity index (χ0) is 15.4. The Kier molecular flexibility index (Phi) is 3.08. The number of ether oxygens (including phenoxy) is 1. The predicted octanol–water partition coefficient (Wildman–Crippen LogP) is 1.63. The summed E-state index contributed by atoms with van der Waals surface area (Å²) >= 11 is 0. The summed E-state index contributed by atoms with van der Waals surface area (Å²) in [6, 6.07) is 3.85. The van der Waals surface area contributed by atoms with Crippen LogP contribution in [-0.4, -0.2) is 30.8 Å². The lowest BCUT2D eigenvalue weighted by molar-refractivity contribution is -0.118. The fourth-order valence-electron chi connectivity index (χ4n) is 2.53. The molecule has 2 aliphatic heterocycles. The second-order valence-electron chi connectivity index (χ2n) is 6.64. The molecule has 6 heteroatoms.